The van der Waals surface area contributed by atoms with Crippen LogP contribution in [0.2, 0.25) is 0 Å². The molecule has 0 aromatic heterocycles. The van der Waals surface area contributed by atoms with Crippen molar-refractivity contribution in [1.82, 2.24) is 4.90 Å². The number of nitrogens with zero attached hydrogens (tertiary/aromatic N) is 1. The second kappa shape index (κ2) is 6.23. The summed E-state index contributed by atoms with van der Waals surface area (Å²) in [5.41, 5.74) is -0.570. The zero-order valence-corrected chi connectivity index (χ0v) is 13.1. The van der Waals surface area contributed by atoms with E-state index in [2.05, 4.69) is 21.2 Å². The lowest BCUT2D eigenvalue weighted by Crippen LogP contribution is -2.41. The summed E-state index contributed by atoms with van der Waals surface area (Å²) in [5, 5.41) is 21.2. The second-order valence-electron chi connectivity index (χ2n) is 5.13. The first kappa shape index (κ1) is 16.5. The lowest BCUT2D eigenvalue weighted by Gasteiger charge is -2.25. The molecule has 0 radical (unpaired) electrons. The Morgan fingerprint density at radius 1 is 1.35 bits per heavy atom. The third-order valence-electron chi connectivity index (χ3n) is 2.37. The normalized spacial score (nSPS) is 11.1. The van der Waals surface area contributed by atoms with Crippen LogP contribution in [0.15, 0.2) is 22.7 Å². The monoisotopic (exact) mass is 344 g/mol. The van der Waals surface area contributed by atoms with Crippen LogP contribution in [0.3, 0.4) is 0 Å². The molecule has 1 rings (SSSR count). The summed E-state index contributed by atoms with van der Waals surface area (Å²) in [4.78, 5) is 24.2. The number of nitrogens with one attached hydrogen (secondary N) is 1. The predicted octanol–water partition coefficient (Wildman–Crippen LogP) is 2.38. The molecule has 2 amide bonds. The van der Waals surface area contributed by atoms with Crippen LogP contribution in [0.4, 0.5) is 10.5 Å². The third-order valence-corrected chi connectivity index (χ3v) is 2.82. The zero-order chi connectivity index (χ0) is 15.5. The number of halogens is 1. The van der Waals surface area contributed by atoms with Crippen molar-refractivity contribution in [2.45, 2.75) is 19.4 Å². The number of carbonyl (C=O) groups excluding carboxylic acids is 1. The van der Waals surface area contributed by atoms with Gasteiger partial charge in [-0.2, -0.15) is 0 Å². The molecule has 7 heteroatoms. The Morgan fingerprint density at radius 3 is 2.45 bits per heavy atom. The van der Waals surface area contributed by atoms with E-state index in [1.807, 2.05) is 0 Å². The fourth-order valence-corrected chi connectivity index (χ4v) is 2.15. The molecule has 20 heavy (non-hydrogen) atoms. The maximum atomic E-state index is 11.9. The Hall–Kier alpha value is -1.60. The van der Waals surface area contributed by atoms with Crippen LogP contribution < -0.4 is 5.32 Å². The average molecular weight is 345 g/mol. The summed E-state index contributed by atoms with van der Waals surface area (Å²) in [6, 6.07) is 3.98. The van der Waals surface area contributed by atoms with Gasteiger partial charge in [-0.15, -0.1) is 0 Å². The van der Waals surface area contributed by atoms with E-state index in [0.29, 0.717) is 10.2 Å². The number of aliphatic hydroxyl groups is 1. The Bertz CT molecular complexity index is 526. The average Bonchev–Trinajstić information content (AvgIpc) is 2.25. The number of rotatable bonds is 4. The molecule has 110 valence electrons. The summed E-state index contributed by atoms with van der Waals surface area (Å²) >= 11 is 3.19. The summed E-state index contributed by atoms with van der Waals surface area (Å²) in [5.74, 6) is -1.08. The number of hydrogen-bond donors (Lipinski definition) is 3. The number of likely N-dealkylation sites (N-methyl/N-ethyl adjacent to an activating group) is 1. The Labute approximate surface area is 125 Å². The summed E-state index contributed by atoms with van der Waals surface area (Å²) in [7, 11) is 1.55. The van der Waals surface area contributed by atoms with E-state index < -0.39 is 17.6 Å². The van der Waals surface area contributed by atoms with E-state index in [9.17, 15) is 14.7 Å². The van der Waals surface area contributed by atoms with E-state index in [-0.39, 0.29) is 12.1 Å². The van der Waals surface area contributed by atoms with Crippen molar-refractivity contribution in [3.05, 3.63) is 28.2 Å². The van der Waals surface area contributed by atoms with Gasteiger partial charge in [0.1, 0.15) is 0 Å². The predicted molar refractivity (Wildman–Crippen MR) is 79.0 cm³/mol. The fraction of sp³-hybridized carbons (Fsp3) is 0.385. The first-order valence-corrected chi connectivity index (χ1v) is 6.66. The lowest BCUT2D eigenvalue weighted by atomic mass is 10.1. The quantitative estimate of drug-likeness (QED) is 0.782. The molecule has 0 bridgehead atoms. The highest BCUT2D eigenvalue weighted by Gasteiger charge is 2.19. The number of amides is 2. The van der Waals surface area contributed by atoms with Gasteiger partial charge in [0.25, 0.3) is 0 Å². The number of aromatic carboxylic acids is 1. The molecule has 0 saturated carbocycles. The minimum Gasteiger partial charge on any atom is -0.478 e. The van der Waals surface area contributed by atoms with Gasteiger partial charge in [-0.05, 0) is 32.0 Å². The van der Waals surface area contributed by atoms with Crippen molar-refractivity contribution in [3.8, 4) is 0 Å². The molecule has 0 heterocycles. The number of hydrogen-bond acceptors (Lipinski definition) is 3. The fourth-order valence-electron chi connectivity index (χ4n) is 1.66. The molecular weight excluding hydrogens is 328 g/mol. The van der Waals surface area contributed by atoms with Crippen LogP contribution >= 0.6 is 15.9 Å². The molecular formula is C13H17BrN2O4. The van der Waals surface area contributed by atoms with E-state index >= 15 is 0 Å². The largest absolute Gasteiger partial charge is 0.478 e. The smallest absolute Gasteiger partial charge is 0.335 e. The highest BCUT2D eigenvalue weighted by Crippen LogP contribution is 2.20. The first-order valence-electron chi connectivity index (χ1n) is 5.87. The number of benzene rings is 1. The molecule has 0 saturated heterocycles. The molecule has 6 nitrogen and oxygen atoms in total. The van der Waals surface area contributed by atoms with Gasteiger partial charge in [0.05, 0.1) is 17.7 Å². The number of carboxylic acid groups (broad SMARTS) is 1. The second-order valence-corrected chi connectivity index (χ2v) is 6.05. The Balaban J connectivity index is 2.83. The van der Waals surface area contributed by atoms with Gasteiger partial charge in [-0.3, -0.25) is 0 Å². The minimum atomic E-state index is -1.08. The van der Waals surface area contributed by atoms with Crippen LogP contribution in [0, 0.1) is 0 Å². The van der Waals surface area contributed by atoms with Gasteiger partial charge in [0.2, 0.25) is 0 Å². The SMILES string of the molecule is CN(CC(C)(C)O)C(=O)Nc1cc(Br)cc(C(=O)O)c1. The van der Waals surface area contributed by atoms with E-state index in [4.69, 9.17) is 5.11 Å². The minimum absolute atomic E-state index is 0.0693. The van der Waals surface area contributed by atoms with E-state index in [1.54, 1.807) is 27.0 Å². The van der Waals surface area contributed by atoms with Gasteiger partial charge in [0.15, 0.2) is 0 Å². The van der Waals surface area contributed by atoms with Gasteiger partial charge in [-0.1, -0.05) is 15.9 Å². The van der Waals surface area contributed by atoms with E-state index in [0.717, 1.165) is 0 Å². The van der Waals surface area contributed by atoms with Gasteiger partial charge >= 0.3 is 12.0 Å². The molecule has 0 unspecified atom stereocenters. The van der Waals surface area contributed by atoms with Crippen molar-refractivity contribution in [3.63, 3.8) is 0 Å². The molecule has 0 aliphatic heterocycles. The van der Waals surface area contributed by atoms with Crippen LogP contribution in [-0.4, -0.2) is 46.3 Å². The Kier molecular flexibility index (Phi) is 5.13. The van der Waals surface area contributed by atoms with Gasteiger partial charge in [0, 0.05) is 17.2 Å². The molecule has 0 aliphatic rings. The summed E-state index contributed by atoms with van der Waals surface area (Å²) in [6.07, 6.45) is 0. The molecule has 0 atom stereocenters. The molecule has 0 fully saturated rings. The van der Waals surface area contributed by atoms with Crippen molar-refractivity contribution in [2.75, 3.05) is 18.9 Å². The zero-order valence-electron chi connectivity index (χ0n) is 11.5. The van der Waals surface area contributed by atoms with E-state index in [1.165, 1.54) is 17.0 Å². The first-order chi connectivity index (χ1) is 9.08. The van der Waals surface area contributed by atoms with Gasteiger partial charge < -0.3 is 20.4 Å². The third kappa shape index (κ3) is 5.18. The van der Waals surface area contributed by atoms with Crippen molar-refractivity contribution >= 4 is 33.6 Å². The van der Waals surface area contributed by atoms with Crippen molar-refractivity contribution < 1.29 is 19.8 Å². The maximum Gasteiger partial charge on any atom is 0.335 e. The lowest BCUT2D eigenvalue weighted by molar-refractivity contribution is 0.0550. The highest BCUT2D eigenvalue weighted by atomic mass is 79.9. The maximum absolute atomic E-state index is 11.9. The summed E-state index contributed by atoms with van der Waals surface area (Å²) in [6.45, 7) is 3.34. The number of carbonyl (C=O) groups is 2. The van der Waals surface area contributed by atoms with Gasteiger partial charge in [-0.25, -0.2) is 9.59 Å². The summed E-state index contributed by atoms with van der Waals surface area (Å²) < 4.78 is 0.554. The highest BCUT2D eigenvalue weighted by molar-refractivity contribution is 9.10. The van der Waals surface area contributed by atoms with Crippen molar-refractivity contribution in [2.24, 2.45) is 0 Å². The molecule has 0 spiro atoms. The number of urea groups is 1. The topological polar surface area (TPSA) is 89.9 Å². The van der Waals surface area contributed by atoms with Crippen LogP contribution in [0.25, 0.3) is 0 Å². The Morgan fingerprint density at radius 2 is 1.95 bits per heavy atom. The molecule has 1 aromatic carbocycles. The molecule has 3 N–H and O–H groups in total. The van der Waals surface area contributed by atoms with Crippen LogP contribution in [0.5, 0.6) is 0 Å². The van der Waals surface area contributed by atoms with Crippen LogP contribution in [-0.2, 0) is 0 Å². The standard InChI is InChI=1S/C13H17BrN2O4/c1-13(2,20)7-16(3)12(19)15-10-5-8(11(17)18)4-9(14)6-10/h4-6,20H,7H2,1-3H3,(H,15,19)(H,17,18). The van der Waals surface area contributed by atoms with Crippen LogP contribution in [0.1, 0.15) is 24.2 Å². The molecule has 1 aromatic rings. The molecule has 0 aliphatic carbocycles. The number of carboxylic acids is 1. The van der Waals surface area contributed by atoms with Crippen molar-refractivity contribution in [1.29, 1.82) is 0 Å². The number of anilines is 1.